The molecule has 4 atom stereocenters. The zero-order valence-electron chi connectivity index (χ0n) is 11.5. The smallest absolute Gasteiger partial charge is 0.309 e. The number of hydrogen-bond donors (Lipinski definition) is 1. The van der Waals surface area contributed by atoms with Gasteiger partial charge in [-0.3, -0.25) is 4.79 Å². The Labute approximate surface area is 105 Å². The molecule has 0 aliphatic heterocycles. The van der Waals surface area contributed by atoms with Crippen LogP contribution in [0.15, 0.2) is 0 Å². The zero-order chi connectivity index (χ0) is 13.0. The molecule has 1 aliphatic carbocycles. The van der Waals surface area contributed by atoms with E-state index >= 15 is 0 Å². The molecule has 4 unspecified atom stereocenters. The maximum absolute atomic E-state index is 12.0. The number of aliphatic hydroxyl groups excluding tert-OH is 1. The highest BCUT2D eigenvalue weighted by molar-refractivity contribution is 5.73. The standard InChI is InChI=1S/C14H26O3/c1-9(2)7-11(4)17-14(16)13-8-12(15)6-5-10(13)3/h9-13,15H,5-8H2,1-4H3. The molecule has 0 radical (unpaired) electrons. The lowest BCUT2D eigenvalue weighted by molar-refractivity contribution is -0.158. The van der Waals surface area contributed by atoms with Crippen LogP contribution < -0.4 is 0 Å². The van der Waals surface area contributed by atoms with E-state index in [1.54, 1.807) is 0 Å². The van der Waals surface area contributed by atoms with E-state index in [0.717, 1.165) is 19.3 Å². The second-order valence-electron chi connectivity index (χ2n) is 5.93. The van der Waals surface area contributed by atoms with Crippen LogP contribution in [-0.2, 0) is 9.53 Å². The van der Waals surface area contributed by atoms with E-state index in [2.05, 4.69) is 20.8 Å². The topological polar surface area (TPSA) is 46.5 Å². The molecule has 3 nitrogen and oxygen atoms in total. The van der Waals surface area contributed by atoms with E-state index in [4.69, 9.17) is 4.74 Å². The van der Waals surface area contributed by atoms with E-state index in [0.29, 0.717) is 18.3 Å². The van der Waals surface area contributed by atoms with E-state index in [-0.39, 0.29) is 24.1 Å². The molecule has 0 amide bonds. The number of carbonyl (C=O) groups is 1. The maximum Gasteiger partial charge on any atom is 0.309 e. The van der Waals surface area contributed by atoms with Gasteiger partial charge in [-0.05, 0) is 44.4 Å². The Bertz CT molecular complexity index is 250. The number of hydrogen-bond acceptors (Lipinski definition) is 3. The highest BCUT2D eigenvalue weighted by Gasteiger charge is 2.33. The lowest BCUT2D eigenvalue weighted by Gasteiger charge is -2.31. The molecule has 1 aliphatic rings. The molecule has 100 valence electrons. The molecule has 0 aromatic heterocycles. The Morgan fingerprint density at radius 3 is 2.59 bits per heavy atom. The molecule has 1 rings (SSSR count). The van der Waals surface area contributed by atoms with Crippen molar-refractivity contribution in [3.05, 3.63) is 0 Å². The summed E-state index contributed by atoms with van der Waals surface area (Å²) in [5.74, 6) is 0.627. The summed E-state index contributed by atoms with van der Waals surface area (Å²) < 4.78 is 5.47. The van der Waals surface area contributed by atoms with Crippen molar-refractivity contribution in [1.29, 1.82) is 0 Å². The molecular formula is C14H26O3. The highest BCUT2D eigenvalue weighted by Crippen LogP contribution is 2.31. The van der Waals surface area contributed by atoms with E-state index < -0.39 is 0 Å². The van der Waals surface area contributed by atoms with Crippen LogP contribution in [0, 0.1) is 17.8 Å². The van der Waals surface area contributed by atoms with Crippen molar-refractivity contribution < 1.29 is 14.6 Å². The summed E-state index contributed by atoms with van der Waals surface area (Å²) in [5, 5.41) is 9.62. The summed E-state index contributed by atoms with van der Waals surface area (Å²) in [4.78, 5) is 12.0. The van der Waals surface area contributed by atoms with Gasteiger partial charge in [0.15, 0.2) is 0 Å². The molecule has 1 fully saturated rings. The molecule has 0 saturated heterocycles. The van der Waals surface area contributed by atoms with Crippen LogP contribution in [-0.4, -0.2) is 23.3 Å². The van der Waals surface area contributed by atoms with Gasteiger partial charge < -0.3 is 9.84 Å². The fraction of sp³-hybridized carbons (Fsp3) is 0.929. The highest BCUT2D eigenvalue weighted by atomic mass is 16.5. The summed E-state index contributed by atoms with van der Waals surface area (Å²) >= 11 is 0. The summed E-state index contributed by atoms with van der Waals surface area (Å²) in [6.45, 7) is 8.27. The summed E-state index contributed by atoms with van der Waals surface area (Å²) in [7, 11) is 0. The Kier molecular flexibility index (Phi) is 5.44. The molecule has 3 heteroatoms. The largest absolute Gasteiger partial charge is 0.462 e. The van der Waals surface area contributed by atoms with Crippen molar-refractivity contribution in [1.82, 2.24) is 0 Å². The molecule has 0 bridgehead atoms. The molecule has 17 heavy (non-hydrogen) atoms. The average molecular weight is 242 g/mol. The third-order valence-corrected chi connectivity index (χ3v) is 3.59. The van der Waals surface area contributed by atoms with Crippen molar-refractivity contribution in [2.24, 2.45) is 17.8 Å². The normalized spacial score (nSPS) is 31.3. The quantitative estimate of drug-likeness (QED) is 0.771. The van der Waals surface area contributed by atoms with E-state index in [1.165, 1.54) is 0 Å². The monoisotopic (exact) mass is 242 g/mol. The van der Waals surface area contributed by atoms with Gasteiger partial charge in [-0.25, -0.2) is 0 Å². The molecule has 0 heterocycles. The van der Waals surface area contributed by atoms with Crippen molar-refractivity contribution in [3.63, 3.8) is 0 Å². The summed E-state index contributed by atoms with van der Waals surface area (Å²) in [6.07, 6.45) is 2.84. The van der Waals surface area contributed by atoms with Crippen LogP contribution in [0.2, 0.25) is 0 Å². The maximum atomic E-state index is 12.0. The minimum atomic E-state index is -0.329. The fourth-order valence-electron chi connectivity index (χ4n) is 2.63. The second kappa shape index (κ2) is 6.39. The van der Waals surface area contributed by atoms with Crippen molar-refractivity contribution in [2.75, 3.05) is 0 Å². The van der Waals surface area contributed by atoms with Gasteiger partial charge >= 0.3 is 5.97 Å². The SMILES string of the molecule is CC(C)CC(C)OC(=O)C1CC(O)CCC1C. The minimum absolute atomic E-state index is 0.0197. The Morgan fingerprint density at radius 1 is 1.35 bits per heavy atom. The van der Waals surface area contributed by atoms with Crippen LogP contribution in [0.25, 0.3) is 0 Å². The van der Waals surface area contributed by atoms with E-state index in [1.807, 2.05) is 6.92 Å². The Morgan fingerprint density at radius 2 is 2.00 bits per heavy atom. The van der Waals surface area contributed by atoms with Gasteiger partial charge in [-0.15, -0.1) is 0 Å². The molecule has 0 spiro atoms. The molecule has 0 aromatic carbocycles. The summed E-state index contributed by atoms with van der Waals surface area (Å²) in [6, 6.07) is 0. The fourth-order valence-corrected chi connectivity index (χ4v) is 2.63. The number of rotatable bonds is 4. The first-order chi connectivity index (χ1) is 7.90. The molecule has 1 saturated carbocycles. The van der Waals surface area contributed by atoms with E-state index in [9.17, 15) is 9.90 Å². The van der Waals surface area contributed by atoms with Crippen molar-refractivity contribution in [2.45, 2.75) is 65.6 Å². The van der Waals surface area contributed by atoms with Crippen LogP contribution in [0.1, 0.15) is 53.4 Å². The number of aliphatic hydroxyl groups is 1. The lowest BCUT2D eigenvalue weighted by Crippen LogP contribution is -2.34. The second-order valence-corrected chi connectivity index (χ2v) is 5.93. The molecule has 1 N–H and O–H groups in total. The average Bonchev–Trinajstić information content (AvgIpc) is 2.20. The van der Waals surface area contributed by atoms with Gasteiger partial charge in [-0.1, -0.05) is 20.8 Å². The zero-order valence-corrected chi connectivity index (χ0v) is 11.5. The first kappa shape index (κ1) is 14.5. The van der Waals surface area contributed by atoms with Crippen LogP contribution in [0.4, 0.5) is 0 Å². The molecular weight excluding hydrogens is 216 g/mol. The van der Waals surface area contributed by atoms with Gasteiger partial charge in [0.05, 0.1) is 18.1 Å². The first-order valence-electron chi connectivity index (χ1n) is 6.78. The minimum Gasteiger partial charge on any atom is -0.462 e. The van der Waals surface area contributed by atoms with Crippen LogP contribution in [0.3, 0.4) is 0 Å². The first-order valence-corrected chi connectivity index (χ1v) is 6.78. The van der Waals surface area contributed by atoms with Gasteiger partial charge in [-0.2, -0.15) is 0 Å². The number of esters is 1. The third-order valence-electron chi connectivity index (χ3n) is 3.59. The predicted molar refractivity (Wildman–Crippen MR) is 67.5 cm³/mol. The Hall–Kier alpha value is -0.570. The van der Waals surface area contributed by atoms with Gasteiger partial charge in [0.1, 0.15) is 0 Å². The molecule has 0 aromatic rings. The third kappa shape index (κ3) is 4.66. The van der Waals surface area contributed by atoms with Crippen LogP contribution in [0.5, 0.6) is 0 Å². The van der Waals surface area contributed by atoms with Crippen LogP contribution >= 0.6 is 0 Å². The predicted octanol–water partition coefficient (Wildman–Crippen LogP) is 2.76. The summed E-state index contributed by atoms with van der Waals surface area (Å²) in [5.41, 5.74) is 0. The Balaban J connectivity index is 2.45. The van der Waals surface area contributed by atoms with Crippen molar-refractivity contribution in [3.8, 4) is 0 Å². The lowest BCUT2D eigenvalue weighted by atomic mass is 9.79. The number of carbonyl (C=O) groups excluding carboxylic acids is 1. The number of ether oxygens (including phenoxy) is 1. The van der Waals surface area contributed by atoms with Gasteiger partial charge in [0.2, 0.25) is 0 Å². The van der Waals surface area contributed by atoms with Gasteiger partial charge in [0, 0.05) is 0 Å². The van der Waals surface area contributed by atoms with Gasteiger partial charge in [0.25, 0.3) is 0 Å². The van der Waals surface area contributed by atoms with Crippen molar-refractivity contribution >= 4 is 5.97 Å².